The highest BCUT2D eigenvalue weighted by atomic mass is 15.1. The van der Waals surface area contributed by atoms with Crippen LogP contribution in [0.4, 0.5) is 0 Å². The van der Waals surface area contributed by atoms with E-state index in [9.17, 15) is 0 Å². The lowest BCUT2D eigenvalue weighted by molar-refractivity contribution is 0.858. The van der Waals surface area contributed by atoms with E-state index in [2.05, 4.69) is 10.3 Å². The van der Waals surface area contributed by atoms with Gasteiger partial charge in [0.1, 0.15) is 5.82 Å². The van der Waals surface area contributed by atoms with E-state index in [1.54, 1.807) is 0 Å². The van der Waals surface area contributed by atoms with Crippen LogP contribution < -0.4 is 5.32 Å². The van der Waals surface area contributed by atoms with Gasteiger partial charge in [-0.2, -0.15) is 0 Å². The number of aliphatic imine (C=N–C) groups is 1. The van der Waals surface area contributed by atoms with Crippen LogP contribution >= 0.6 is 0 Å². The van der Waals surface area contributed by atoms with E-state index in [-0.39, 0.29) is 0 Å². The minimum absolute atomic E-state index is 1.09. The molecule has 2 heterocycles. The molecule has 2 aliphatic rings. The van der Waals surface area contributed by atoms with Gasteiger partial charge in [0.05, 0.1) is 0 Å². The SMILES string of the molecule is C1=NC2=C(C1)CCN2. The van der Waals surface area contributed by atoms with E-state index in [4.69, 9.17) is 0 Å². The van der Waals surface area contributed by atoms with Crippen molar-refractivity contribution in [3.05, 3.63) is 11.4 Å². The van der Waals surface area contributed by atoms with Crippen molar-refractivity contribution in [2.24, 2.45) is 4.99 Å². The normalized spacial score (nSPS) is 24.0. The summed E-state index contributed by atoms with van der Waals surface area (Å²) in [7, 11) is 0. The fourth-order valence-electron chi connectivity index (χ4n) is 1.16. The third-order valence-electron chi connectivity index (χ3n) is 1.61. The molecule has 0 aromatic heterocycles. The first-order valence-electron chi connectivity index (χ1n) is 2.95. The van der Waals surface area contributed by atoms with Crippen LogP contribution in [0.2, 0.25) is 0 Å². The Morgan fingerprint density at radius 1 is 1.62 bits per heavy atom. The molecule has 0 spiro atoms. The molecule has 0 saturated heterocycles. The minimum Gasteiger partial charge on any atom is -0.370 e. The van der Waals surface area contributed by atoms with Gasteiger partial charge < -0.3 is 5.32 Å². The Morgan fingerprint density at radius 2 is 2.62 bits per heavy atom. The summed E-state index contributed by atoms with van der Waals surface area (Å²) in [6, 6.07) is 0. The molecule has 0 bridgehead atoms. The summed E-state index contributed by atoms with van der Waals surface area (Å²) in [5, 5.41) is 3.20. The van der Waals surface area contributed by atoms with Crippen molar-refractivity contribution < 1.29 is 0 Å². The maximum Gasteiger partial charge on any atom is 0.125 e. The quantitative estimate of drug-likeness (QED) is 0.484. The van der Waals surface area contributed by atoms with Gasteiger partial charge in [0, 0.05) is 19.2 Å². The molecule has 0 saturated carbocycles. The molecule has 0 fully saturated rings. The Kier molecular flexibility index (Phi) is 0.692. The smallest absolute Gasteiger partial charge is 0.125 e. The van der Waals surface area contributed by atoms with Crippen LogP contribution in [0.5, 0.6) is 0 Å². The van der Waals surface area contributed by atoms with Gasteiger partial charge in [0.2, 0.25) is 0 Å². The largest absolute Gasteiger partial charge is 0.370 e. The molecule has 0 radical (unpaired) electrons. The van der Waals surface area contributed by atoms with Gasteiger partial charge in [0.15, 0.2) is 0 Å². The molecule has 0 amide bonds. The van der Waals surface area contributed by atoms with Crippen LogP contribution in [-0.4, -0.2) is 12.8 Å². The first-order chi connectivity index (χ1) is 3.97. The summed E-state index contributed by atoms with van der Waals surface area (Å²) < 4.78 is 0. The predicted molar refractivity (Wildman–Crippen MR) is 32.8 cm³/mol. The first kappa shape index (κ1) is 4.13. The Balaban J connectivity index is 2.33. The van der Waals surface area contributed by atoms with Crippen LogP contribution in [0, 0.1) is 0 Å². The fourth-order valence-corrected chi connectivity index (χ4v) is 1.16. The predicted octanol–water partition coefficient (Wildman–Crippen LogP) is 0.666. The van der Waals surface area contributed by atoms with E-state index in [1.165, 1.54) is 12.0 Å². The van der Waals surface area contributed by atoms with Crippen molar-refractivity contribution in [2.45, 2.75) is 12.8 Å². The van der Waals surface area contributed by atoms with E-state index < -0.39 is 0 Å². The Bertz CT molecular complexity index is 167. The number of rotatable bonds is 0. The zero-order valence-corrected chi connectivity index (χ0v) is 4.65. The molecule has 0 atom stereocenters. The molecule has 1 N–H and O–H groups in total. The lowest BCUT2D eigenvalue weighted by Gasteiger charge is -1.90. The maximum absolute atomic E-state index is 4.14. The van der Waals surface area contributed by atoms with Gasteiger partial charge in [-0.3, -0.25) is 0 Å². The van der Waals surface area contributed by atoms with E-state index >= 15 is 0 Å². The van der Waals surface area contributed by atoms with Crippen LogP contribution in [-0.2, 0) is 0 Å². The van der Waals surface area contributed by atoms with Crippen LogP contribution in [0.3, 0.4) is 0 Å². The summed E-state index contributed by atoms with van der Waals surface area (Å²) in [6.07, 6.45) is 4.26. The molecule has 42 valence electrons. The molecule has 2 nitrogen and oxygen atoms in total. The lowest BCUT2D eigenvalue weighted by atomic mass is 10.2. The van der Waals surface area contributed by atoms with E-state index in [0.717, 1.165) is 18.8 Å². The molecule has 2 heteroatoms. The van der Waals surface area contributed by atoms with Gasteiger partial charge in [0.25, 0.3) is 0 Å². The lowest BCUT2D eigenvalue weighted by Crippen LogP contribution is -2.04. The molecule has 0 aromatic rings. The maximum atomic E-state index is 4.14. The van der Waals surface area contributed by atoms with Crippen LogP contribution in [0.25, 0.3) is 0 Å². The van der Waals surface area contributed by atoms with Crippen LogP contribution in [0.1, 0.15) is 12.8 Å². The average Bonchev–Trinajstić information content (AvgIpc) is 2.15. The van der Waals surface area contributed by atoms with Crippen LogP contribution in [0.15, 0.2) is 16.4 Å². The second-order valence-electron chi connectivity index (χ2n) is 2.14. The highest BCUT2D eigenvalue weighted by molar-refractivity contribution is 5.67. The minimum atomic E-state index is 1.09. The van der Waals surface area contributed by atoms with Gasteiger partial charge in [-0.15, -0.1) is 0 Å². The third kappa shape index (κ3) is 0.399. The summed E-state index contributed by atoms with van der Waals surface area (Å²) in [5.41, 5.74) is 1.49. The number of nitrogens with one attached hydrogen (secondary N) is 1. The van der Waals surface area contributed by atoms with Crippen molar-refractivity contribution in [1.82, 2.24) is 5.32 Å². The summed E-state index contributed by atoms with van der Waals surface area (Å²) in [5.74, 6) is 1.14. The van der Waals surface area contributed by atoms with E-state index in [0.29, 0.717) is 0 Å². The monoisotopic (exact) mass is 108 g/mol. The van der Waals surface area contributed by atoms with Gasteiger partial charge in [-0.05, 0) is 12.0 Å². The molecule has 8 heavy (non-hydrogen) atoms. The van der Waals surface area contributed by atoms with Gasteiger partial charge in [-0.1, -0.05) is 0 Å². The van der Waals surface area contributed by atoms with Crippen molar-refractivity contribution in [3.8, 4) is 0 Å². The Hall–Kier alpha value is -0.790. The fraction of sp³-hybridized carbons (Fsp3) is 0.500. The number of hydrogen-bond donors (Lipinski definition) is 1. The Morgan fingerprint density at radius 3 is 3.50 bits per heavy atom. The molecular weight excluding hydrogens is 100 g/mol. The topological polar surface area (TPSA) is 24.4 Å². The van der Waals surface area contributed by atoms with Crippen molar-refractivity contribution in [3.63, 3.8) is 0 Å². The molecule has 0 aromatic carbocycles. The molecule has 2 aliphatic heterocycles. The molecule has 2 rings (SSSR count). The van der Waals surface area contributed by atoms with Gasteiger partial charge >= 0.3 is 0 Å². The molecule has 0 aliphatic carbocycles. The zero-order chi connectivity index (χ0) is 5.40. The third-order valence-corrected chi connectivity index (χ3v) is 1.61. The second-order valence-corrected chi connectivity index (χ2v) is 2.14. The number of nitrogens with zero attached hydrogens (tertiary/aromatic N) is 1. The first-order valence-corrected chi connectivity index (χ1v) is 2.95. The van der Waals surface area contributed by atoms with E-state index in [1.807, 2.05) is 6.21 Å². The van der Waals surface area contributed by atoms with Gasteiger partial charge in [-0.25, -0.2) is 4.99 Å². The second kappa shape index (κ2) is 1.34. The number of hydrogen-bond acceptors (Lipinski definition) is 2. The highest BCUT2D eigenvalue weighted by Gasteiger charge is 2.14. The summed E-state index contributed by atoms with van der Waals surface area (Å²) in [4.78, 5) is 4.14. The molecule has 0 unspecified atom stereocenters. The zero-order valence-electron chi connectivity index (χ0n) is 4.65. The summed E-state index contributed by atoms with van der Waals surface area (Å²) >= 11 is 0. The van der Waals surface area contributed by atoms with Crippen molar-refractivity contribution in [1.29, 1.82) is 0 Å². The van der Waals surface area contributed by atoms with Crippen molar-refractivity contribution >= 4 is 6.21 Å². The molecular formula is C6H8N2. The highest BCUT2D eigenvalue weighted by Crippen LogP contribution is 2.20. The standard InChI is InChI=1S/C6H8N2/c1-3-7-6-5(1)2-4-8-6/h3,8H,1-2,4H2. The van der Waals surface area contributed by atoms with Crippen molar-refractivity contribution in [2.75, 3.05) is 6.54 Å². The Labute approximate surface area is 48.3 Å². The summed E-state index contributed by atoms with van der Waals surface area (Å²) in [6.45, 7) is 1.10. The average molecular weight is 108 g/mol.